The zero-order chi connectivity index (χ0) is 13.4. The molecule has 0 radical (unpaired) electrons. The highest BCUT2D eigenvalue weighted by Crippen LogP contribution is 2.13. The SMILES string of the molecule is CCCN(CC#N)CC(=O)Nc1ccc(Cl)cc1. The first-order valence-electron chi connectivity index (χ1n) is 5.80. The Hall–Kier alpha value is -1.57. The Labute approximate surface area is 112 Å². The second kappa shape index (κ2) is 7.70. The molecule has 18 heavy (non-hydrogen) atoms. The summed E-state index contributed by atoms with van der Waals surface area (Å²) in [6, 6.07) is 8.98. The summed E-state index contributed by atoms with van der Waals surface area (Å²) in [6.45, 7) is 3.25. The highest BCUT2D eigenvalue weighted by Gasteiger charge is 2.09. The lowest BCUT2D eigenvalue weighted by Gasteiger charge is -2.17. The molecule has 0 heterocycles. The van der Waals surface area contributed by atoms with E-state index in [1.54, 1.807) is 24.3 Å². The highest BCUT2D eigenvalue weighted by atomic mass is 35.5. The quantitative estimate of drug-likeness (QED) is 0.804. The zero-order valence-corrected chi connectivity index (χ0v) is 11.1. The van der Waals surface area contributed by atoms with Crippen LogP contribution in [0.1, 0.15) is 13.3 Å². The van der Waals surface area contributed by atoms with Crippen LogP contribution in [0.3, 0.4) is 0 Å². The summed E-state index contributed by atoms with van der Waals surface area (Å²) in [5, 5.41) is 12.1. The van der Waals surface area contributed by atoms with Crippen molar-refractivity contribution in [3.63, 3.8) is 0 Å². The van der Waals surface area contributed by atoms with Gasteiger partial charge in [0.1, 0.15) is 0 Å². The average Bonchev–Trinajstić information content (AvgIpc) is 2.33. The molecule has 4 nitrogen and oxygen atoms in total. The first-order chi connectivity index (χ1) is 8.65. The molecule has 0 aliphatic rings. The molecule has 5 heteroatoms. The summed E-state index contributed by atoms with van der Waals surface area (Å²) in [5.41, 5.74) is 0.706. The number of carbonyl (C=O) groups excluding carboxylic acids is 1. The Balaban J connectivity index is 2.49. The molecule has 1 rings (SSSR count). The van der Waals surface area contributed by atoms with E-state index in [1.807, 2.05) is 11.8 Å². The van der Waals surface area contributed by atoms with Gasteiger partial charge in [-0.25, -0.2) is 0 Å². The fourth-order valence-electron chi connectivity index (χ4n) is 1.57. The van der Waals surface area contributed by atoms with Crippen LogP contribution in [0.4, 0.5) is 5.69 Å². The Kier molecular flexibility index (Phi) is 6.20. The third-order valence-electron chi connectivity index (χ3n) is 2.33. The van der Waals surface area contributed by atoms with Gasteiger partial charge in [-0.05, 0) is 37.2 Å². The number of nitriles is 1. The summed E-state index contributed by atoms with van der Waals surface area (Å²) in [7, 11) is 0. The molecule has 0 saturated heterocycles. The molecule has 0 aliphatic carbocycles. The van der Waals surface area contributed by atoms with Crippen LogP contribution >= 0.6 is 11.6 Å². The topological polar surface area (TPSA) is 56.1 Å². The summed E-state index contributed by atoms with van der Waals surface area (Å²) in [4.78, 5) is 13.6. The average molecular weight is 266 g/mol. The third kappa shape index (κ3) is 5.17. The van der Waals surface area contributed by atoms with Gasteiger partial charge in [0.05, 0.1) is 19.2 Å². The van der Waals surface area contributed by atoms with Gasteiger partial charge in [-0.1, -0.05) is 18.5 Å². The summed E-state index contributed by atoms with van der Waals surface area (Å²) in [6.07, 6.45) is 0.913. The number of amides is 1. The number of carbonyl (C=O) groups is 1. The summed E-state index contributed by atoms with van der Waals surface area (Å²) < 4.78 is 0. The number of nitrogens with zero attached hydrogens (tertiary/aromatic N) is 2. The van der Waals surface area contributed by atoms with Crippen LogP contribution in [0.25, 0.3) is 0 Å². The van der Waals surface area contributed by atoms with Crippen molar-refractivity contribution in [3.05, 3.63) is 29.3 Å². The minimum atomic E-state index is -0.124. The smallest absolute Gasteiger partial charge is 0.238 e. The first-order valence-corrected chi connectivity index (χ1v) is 6.18. The third-order valence-corrected chi connectivity index (χ3v) is 2.58. The fourth-order valence-corrected chi connectivity index (χ4v) is 1.69. The van der Waals surface area contributed by atoms with Gasteiger partial charge in [0.2, 0.25) is 5.91 Å². The predicted octanol–water partition coefficient (Wildman–Crippen LogP) is 2.51. The lowest BCUT2D eigenvalue weighted by molar-refractivity contribution is -0.117. The number of nitrogens with one attached hydrogen (secondary N) is 1. The van der Waals surface area contributed by atoms with Crippen LogP contribution < -0.4 is 5.32 Å². The van der Waals surface area contributed by atoms with Gasteiger partial charge in [0.15, 0.2) is 0 Å². The van der Waals surface area contributed by atoms with E-state index in [-0.39, 0.29) is 19.0 Å². The van der Waals surface area contributed by atoms with Crippen molar-refractivity contribution in [2.75, 3.05) is 25.0 Å². The molecular formula is C13H16ClN3O. The van der Waals surface area contributed by atoms with E-state index < -0.39 is 0 Å². The minimum absolute atomic E-state index is 0.124. The van der Waals surface area contributed by atoms with E-state index in [0.717, 1.165) is 13.0 Å². The number of rotatable bonds is 6. The monoisotopic (exact) mass is 265 g/mol. The van der Waals surface area contributed by atoms with Crippen LogP contribution in [0.15, 0.2) is 24.3 Å². The van der Waals surface area contributed by atoms with Gasteiger partial charge in [0.25, 0.3) is 0 Å². The number of benzene rings is 1. The van der Waals surface area contributed by atoms with Crippen molar-refractivity contribution in [2.24, 2.45) is 0 Å². The van der Waals surface area contributed by atoms with Crippen molar-refractivity contribution < 1.29 is 4.79 Å². The fraction of sp³-hybridized carbons (Fsp3) is 0.385. The number of halogens is 1. The summed E-state index contributed by atoms with van der Waals surface area (Å²) in [5.74, 6) is -0.124. The molecule has 0 aliphatic heterocycles. The molecule has 0 fully saturated rings. The second-order valence-electron chi connectivity index (χ2n) is 3.92. The van der Waals surface area contributed by atoms with Crippen LogP contribution in [0, 0.1) is 11.3 Å². The minimum Gasteiger partial charge on any atom is -0.325 e. The number of hydrogen-bond acceptors (Lipinski definition) is 3. The Morgan fingerprint density at radius 2 is 2.11 bits per heavy atom. The molecule has 0 aromatic heterocycles. The van der Waals surface area contributed by atoms with Gasteiger partial charge in [-0.2, -0.15) is 5.26 Å². The molecule has 1 aromatic carbocycles. The molecule has 1 N–H and O–H groups in total. The van der Waals surface area contributed by atoms with Gasteiger partial charge in [0, 0.05) is 10.7 Å². The van der Waals surface area contributed by atoms with Crippen LogP contribution in [-0.2, 0) is 4.79 Å². The van der Waals surface area contributed by atoms with Crippen LogP contribution in [-0.4, -0.2) is 30.4 Å². The molecule has 1 amide bonds. The van der Waals surface area contributed by atoms with Crippen molar-refractivity contribution in [3.8, 4) is 6.07 Å². The second-order valence-corrected chi connectivity index (χ2v) is 4.36. The lowest BCUT2D eigenvalue weighted by Crippen LogP contribution is -2.34. The number of hydrogen-bond donors (Lipinski definition) is 1. The predicted molar refractivity (Wildman–Crippen MR) is 72.4 cm³/mol. The maximum atomic E-state index is 11.8. The molecule has 0 saturated carbocycles. The Morgan fingerprint density at radius 3 is 2.67 bits per heavy atom. The first kappa shape index (κ1) is 14.5. The van der Waals surface area contributed by atoms with Crippen molar-refractivity contribution >= 4 is 23.2 Å². The standard InChI is InChI=1S/C13H16ClN3O/c1-2-8-17(9-7-15)10-13(18)16-12-5-3-11(14)4-6-12/h3-6H,2,8-10H2,1H3,(H,16,18). The largest absolute Gasteiger partial charge is 0.325 e. The van der Waals surface area contributed by atoms with Crippen molar-refractivity contribution in [1.29, 1.82) is 5.26 Å². The molecule has 0 spiro atoms. The van der Waals surface area contributed by atoms with E-state index >= 15 is 0 Å². The Morgan fingerprint density at radius 1 is 1.44 bits per heavy atom. The van der Waals surface area contributed by atoms with Crippen molar-refractivity contribution in [2.45, 2.75) is 13.3 Å². The molecule has 0 unspecified atom stereocenters. The Bertz CT molecular complexity index is 425. The van der Waals surface area contributed by atoms with E-state index in [9.17, 15) is 4.79 Å². The van der Waals surface area contributed by atoms with E-state index in [2.05, 4.69) is 11.4 Å². The van der Waals surface area contributed by atoms with E-state index in [0.29, 0.717) is 10.7 Å². The van der Waals surface area contributed by atoms with E-state index in [1.165, 1.54) is 0 Å². The van der Waals surface area contributed by atoms with Crippen LogP contribution in [0.2, 0.25) is 5.02 Å². The van der Waals surface area contributed by atoms with E-state index in [4.69, 9.17) is 16.9 Å². The molecule has 0 bridgehead atoms. The van der Waals surface area contributed by atoms with Gasteiger partial charge in [-0.3, -0.25) is 9.69 Å². The zero-order valence-electron chi connectivity index (χ0n) is 10.3. The van der Waals surface area contributed by atoms with Crippen molar-refractivity contribution in [1.82, 2.24) is 4.90 Å². The maximum Gasteiger partial charge on any atom is 0.238 e. The van der Waals surface area contributed by atoms with Gasteiger partial charge in [-0.15, -0.1) is 0 Å². The maximum absolute atomic E-state index is 11.8. The molecule has 0 atom stereocenters. The van der Waals surface area contributed by atoms with Gasteiger partial charge < -0.3 is 5.32 Å². The number of anilines is 1. The lowest BCUT2D eigenvalue weighted by atomic mass is 10.3. The molecule has 1 aromatic rings. The molecule has 96 valence electrons. The highest BCUT2D eigenvalue weighted by molar-refractivity contribution is 6.30. The van der Waals surface area contributed by atoms with Gasteiger partial charge >= 0.3 is 0 Å². The summed E-state index contributed by atoms with van der Waals surface area (Å²) >= 11 is 5.76. The molecular weight excluding hydrogens is 250 g/mol. The normalized spacial score (nSPS) is 10.1. The van der Waals surface area contributed by atoms with Crippen LogP contribution in [0.5, 0.6) is 0 Å².